The van der Waals surface area contributed by atoms with E-state index in [1.807, 2.05) is 24.0 Å². The first kappa shape index (κ1) is 13.2. The maximum atomic E-state index is 5.90. The number of alkyl halides is 1. The zero-order valence-electron chi connectivity index (χ0n) is 11.7. The van der Waals surface area contributed by atoms with E-state index < -0.39 is 0 Å². The lowest BCUT2D eigenvalue weighted by molar-refractivity contribution is 0.694. The summed E-state index contributed by atoms with van der Waals surface area (Å²) in [5, 5.41) is 4.45. The molecule has 3 aromatic rings. The van der Waals surface area contributed by atoms with Crippen molar-refractivity contribution in [2.75, 3.05) is 5.88 Å². The van der Waals surface area contributed by atoms with Gasteiger partial charge < -0.3 is 4.57 Å². The molecule has 0 aliphatic rings. The standard InChI is InChI=1S/C15H17ClN4/c1-11-3-4-14-13(9-11)17-15(5-7-16)20(14)10-12-6-8-19(2)18-12/h3-4,6,8-9H,5,7,10H2,1-2H3. The molecule has 0 fully saturated rings. The van der Waals surface area contributed by atoms with Gasteiger partial charge in [-0.3, -0.25) is 4.68 Å². The van der Waals surface area contributed by atoms with Crippen LogP contribution in [0, 0.1) is 6.92 Å². The summed E-state index contributed by atoms with van der Waals surface area (Å²) in [4.78, 5) is 4.71. The van der Waals surface area contributed by atoms with Gasteiger partial charge in [0.25, 0.3) is 0 Å². The smallest absolute Gasteiger partial charge is 0.111 e. The maximum absolute atomic E-state index is 5.90. The van der Waals surface area contributed by atoms with Crippen molar-refractivity contribution < 1.29 is 0 Å². The van der Waals surface area contributed by atoms with Gasteiger partial charge in [-0.25, -0.2) is 4.98 Å². The Morgan fingerprint density at radius 3 is 2.80 bits per heavy atom. The van der Waals surface area contributed by atoms with Gasteiger partial charge in [0, 0.05) is 25.5 Å². The molecule has 3 rings (SSSR count). The zero-order chi connectivity index (χ0) is 14.1. The van der Waals surface area contributed by atoms with Crippen LogP contribution in [0.4, 0.5) is 0 Å². The second-order valence-corrected chi connectivity index (χ2v) is 5.40. The number of fused-ring (bicyclic) bond motifs is 1. The summed E-state index contributed by atoms with van der Waals surface area (Å²) in [6.07, 6.45) is 2.72. The fourth-order valence-electron chi connectivity index (χ4n) is 2.45. The van der Waals surface area contributed by atoms with E-state index in [1.54, 1.807) is 0 Å². The first-order chi connectivity index (χ1) is 9.67. The minimum absolute atomic E-state index is 0.574. The molecule has 5 heteroatoms. The molecule has 0 aliphatic carbocycles. The third kappa shape index (κ3) is 2.43. The largest absolute Gasteiger partial charge is 0.322 e. The van der Waals surface area contributed by atoms with Crippen LogP contribution in [-0.4, -0.2) is 25.2 Å². The van der Waals surface area contributed by atoms with E-state index in [4.69, 9.17) is 16.6 Å². The van der Waals surface area contributed by atoms with Gasteiger partial charge >= 0.3 is 0 Å². The molecule has 0 amide bonds. The summed E-state index contributed by atoms with van der Waals surface area (Å²) in [7, 11) is 1.93. The van der Waals surface area contributed by atoms with Crippen molar-refractivity contribution in [2.24, 2.45) is 7.05 Å². The van der Waals surface area contributed by atoms with Gasteiger partial charge in [-0.05, 0) is 30.7 Å². The second kappa shape index (κ2) is 5.29. The van der Waals surface area contributed by atoms with Crippen molar-refractivity contribution in [3.63, 3.8) is 0 Å². The van der Waals surface area contributed by atoms with E-state index in [9.17, 15) is 0 Å². The lowest BCUT2D eigenvalue weighted by Crippen LogP contribution is -2.07. The Morgan fingerprint density at radius 1 is 1.25 bits per heavy atom. The molecule has 0 aliphatic heterocycles. The number of benzene rings is 1. The summed E-state index contributed by atoms with van der Waals surface area (Å²) < 4.78 is 4.03. The molecule has 0 saturated heterocycles. The Hall–Kier alpha value is -1.81. The lowest BCUT2D eigenvalue weighted by Gasteiger charge is -2.06. The van der Waals surface area contributed by atoms with E-state index >= 15 is 0 Å². The number of imidazole rings is 1. The SMILES string of the molecule is Cc1ccc2c(c1)nc(CCCl)n2Cc1ccn(C)n1. The van der Waals surface area contributed by atoms with E-state index in [2.05, 4.69) is 34.8 Å². The molecular weight excluding hydrogens is 272 g/mol. The van der Waals surface area contributed by atoms with Crippen LogP contribution in [0.2, 0.25) is 0 Å². The van der Waals surface area contributed by atoms with Crippen molar-refractivity contribution in [3.8, 4) is 0 Å². The van der Waals surface area contributed by atoms with Crippen LogP contribution >= 0.6 is 11.6 Å². The normalized spacial score (nSPS) is 11.3. The highest BCUT2D eigenvalue weighted by Crippen LogP contribution is 2.19. The quantitative estimate of drug-likeness (QED) is 0.692. The van der Waals surface area contributed by atoms with Gasteiger partial charge in [-0.2, -0.15) is 5.10 Å². The topological polar surface area (TPSA) is 35.6 Å². The molecule has 2 aromatic heterocycles. The summed E-state index contributed by atoms with van der Waals surface area (Å²) in [6, 6.07) is 8.38. The average molecular weight is 289 g/mol. The van der Waals surface area contributed by atoms with E-state index in [0.29, 0.717) is 5.88 Å². The van der Waals surface area contributed by atoms with Gasteiger partial charge in [-0.1, -0.05) is 6.07 Å². The number of aryl methyl sites for hydroxylation is 3. The van der Waals surface area contributed by atoms with Crippen molar-refractivity contribution in [2.45, 2.75) is 19.9 Å². The third-order valence-electron chi connectivity index (χ3n) is 3.39. The molecule has 104 valence electrons. The first-order valence-corrected chi connectivity index (χ1v) is 7.21. The predicted octanol–water partition coefficient (Wildman–Crippen LogP) is 2.91. The minimum atomic E-state index is 0.574. The highest BCUT2D eigenvalue weighted by atomic mass is 35.5. The van der Waals surface area contributed by atoms with E-state index in [-0.39, 0.29) is 0 Å². The Bertz CT molecular complexity index is 741. The zero-order valence-corrected chi connectivity index (χ0v) is 12.4. The van der Waals surface area contributed by atoms with Crippen LogP contribution in [0.15, 0.2) is 30.5 Å². The van der Waals surface area contributed by atoms with Gasteiger partial charge in [0.05, 0.1) is 23.3 Å². The van der Waals surface area contributed by atoms with Crippen LogP contribution in [0.3, 0.4) is 0 Å². The molecule has 1 aromatic carbocycles. The van der Waals surface area contributed by atoms with Gasteiger partial charge in [0.1, 0.15) is 5.82 Å². The highest BCUT2D eigenvalue weighted by Gasteiger charge is 2.11. The number of hydrogen-bond donors (Lipinski definition) is 0. The molecule has 0 saturated carbocycles. The molecule has 20 heavy (non-hydrogen) atoms. The molecule has 0 atom stereocenters. The highest BCUT2D eigenvalue weighted by molar-refractivity contribution is 6.17. The number of nitrogens with zero attached hydrogens (tertiary/aromatic N) is 4. The fraction of sp³-hybridized carbons (Fsp3) is 0.333. The van der Waals surface area contributed by atoms with Crippen molar-refractivity contribution >= 4 is 22.6 Å². The lowest BCUT2D eigenvalue weighted by atomic mass is 10.2. The van der Waals surface area contributed by atoms with Crippen molar-refractivity contribution in [1.82, 2.24) is 19.3 Å². The molecule has 0 N–H and O–H groups in total. The first-order valence-electron chi connectivity index (χ1n) is 6.67. The Labute approximate surface area is 123 Å². The van der Waals surface area contributed by atoms with Crippen molar-refractivity contribution in [1.29, 1.82) is 0 Å². The summed E-state index contributed by atoms with van der Waals surface area (Å²) in [5.74, 6) is 1.59. The monoisotopic (exact) mass is 288 g/mol. The molecule has 4 nitrogen and oxygen atoms in total. The van der Waals surface area contributed by atoms with Crippen molar-refractivity contribution in [3.05, 3.63) is 47.5 Å². The molecule has 0 unspecified atom stereocenters. The van der Waals surface area contributed by atoms with Gasteiger partial charge in [0.15, 0.2) is 0 Å². The Kier molecular flexibility index (Phi) is 3.49. The molecule has 0 spiro atoms. The maximum Gasteiger partial charge on any atom is 0.111 e. The third-order valence-corrected chi connectivity index (χ3v) is 3.58. The number of hydrogen-bond acceptors (Lipinski definition) is 2. The van der Waals surface area contributed by atoms with E-state index in [1.165, 1.54) is 5.56 Å². The number of rotatable bonds is 4. The van der Waals surface area contributed by atoms with Crippen LogP contribution in [-0.2, 0) is 20.0 Å². The predicted molar refractivity (Wildman–Crippen MR) is 81.2 cm³/mol. The summed E-state index contributed by atoms with van der Waals surface area (Å²) in [5.41, 5.74) is 4.42. The minimum Gasteiger partial charge on any atom is -0.322 e. The number of aromatic nitrogens is 4. The molecule has 0 radical (unpaired) electrons. The summed E-state index contributed by atoms with van der Waals surface area (Å²) >= 11 is 5.90. The second-order valence-electron chi connectivity index (χ2n) is 5.03. The van der Waals surface area contributed by atoms with Crippen LogP contribution in [0.25, 0.3) is 11.0 Å². The van der Waals surface area contributed by atoms with Crippen LogP contribution in [0.5, 0.6) is 0 Å². The van der Waals surface area contributed by atoms with Gasteiger partial charge in [0.2, 0.25) is 0 Å². The van der Waals surface area contributed by atoms with E-state index in [0.717, 1.165) is 35.5 Å². The molecular formula is C15H17ClN4. The van der Waals surface area contributed by atoms with Crippen LogP contribution in [0.1, 0.15) is 17.1 Å². The Morgan fingerprint density at radius 2 is 2.10 bits per heavy atom. The molecule has 0 bridgehead atoms. The van der Waals surface area contributed by atoms with Gasteiger partial charge in [-0.15, -0.1) is 11.6 Å². The Balaban J connectivity index is 2.08. The average Bonchev–Trinajstić information content (AvgIpc) is 2.95. The van der Waals surface area contributed by atoms with Crippen LogP contribution < -0.4 is 0 Å². The summed E-state index contributed by atoms with van der Waals surface area (Å²) in [6.45, 7) is 2.81. The molecule has 2 heterocycles. The fourth-order valence-corrected chi connectivity index (χ4v) is 2.62. The number of halogens is 1.